The Labute approximate surface area is 89.7 Å². The van der Waals surface area contributed by atoms with E-state index in [0.29, 0.717) is 0 Å². The van der Waals surface area contributed by atoms with Crippen LogP contribution in [0, 0.1) is 6.92 Å². The second kappa shape index (κ2) is 4.60. The zero-order valence-corrected chi connectivity index (χ0v) is 8.77. The number of aryl methyl sites for hydroxylation is 1. The third-order valence-corrected chi connectivity index (χ3v) is 2.25. The summed E-state index contributed by atoms with van der Waals surface area (Å²) >= 11 is 0. The maximum atomic E-state index is 3.96. The summed E-state index contributed by atoms with van der Waals surface area (Å²) in [5.41, 5.74) is 3.69. The average molecular weight is 198 g/mol. The fourth-order valence-corrected chi connectivity index (χ4v) is 1.52. The summed E-state index contributed by atoms with van der Waals surface area (Å²) in [6.07, 6.45) is 8.65. The molecule has 0 aliphatic heterocycles. The highest BCUT2D eigenvalue weighted by molar-refractivity contribution is 5.43. The number of hydrogen-bond acceptors (Lipinski definition) is 1. The number of H-pyrrole nitrogens is 1. The molecule has 0 saturated carbocycles. The molecule has 1 heterocycles. The summed E-state index contributed by atoms with van der Waals surface area (Å²) in [6.45, 7) is 2.11. The van der Waals surface area contributed by atoms with Gasteiger partial charge < -0.3 is 4.98 Å². The van der Waals surface area contributed by atoms with Gasteiger partial charge in [-0.1, -0.05) is 35.9 Å². The molecule has 0 radical (unpaired) electrons. The lowest BCUT2D eigenvalue weighted by atomic mass is 10.1. The largest absolute Gasteiger partial charge is 0.345 e. The predicted molar refractivity (Wildman–Crippen MR) is 62.5 cm³/mol. The van der Waals surface area contributed by atoms with Crippen molar-refractivity contribution in [2.75, 3.05) is 0 Å². The SMILES string of the molecule is Cc1cccc(CC=Cc2cnc[nH]2)c1. The van der Waals surface area contributed by atoms with Gasteiger partial charge in [-0.2, -0.15) is 0 Å². The molecular formula is C13H14N2. The Hall–Kier alpha value is -1.83. The Morgan fingerprint density at radius 2 is 2.33 bits per heavy atom. The molecule has 0 aliphatic carbocycles. The van der Waals surface area contributed by atoms with Crippen molar-refractivity contribution in [3.05, 3.63) is 59.7 Å². The zero-order valence-electron chi connectivity index (χ0n) is 8.77. The number of aromatic nitrogens is 2. The lowest BCUT2D eigenvalue weighted by Crippen LogP contribution is -1.81. The van der Waals surface area contributed by atoms with Crippen molar-refractivity contribution in [1.29, 1.82) is 0 Å². The topological polar surface area (TPSA) is 28.7 Å². The molecule has 0 amide bonds. The van der Waals surface area contributed by atoms with Gasteiger partial charge in [0.2, 0.25) is 0 Å². The van der Waals surface area contributed by atoms with Crippen molar-refractivity contribution in [1.82, 2.24) is 9.97 Å². The van der Waals surface area contributed by atoms with E-state index in [1.54, 1.807) is 6.33 Å². The average Bonchev–Trinajstić information content (AvgIpc) is 2.71. The number of nitrogens with zero attached hydrogens (tertiary/aromatic N) is 1. The Bertz CT molecular complexity index is 441. The lowest BCUT2D eigenvalue weighted by Gasteiger charge is -1.97. The summed E-state index contributed by atoms with van der Waals surface area (Å²) in [4.78, 5) is 6.99. The van der Waals surface area contributed by atoms with Crippen LogP contribution in [-0.2, 0) is 6.42 Å². The maximum Gasteiger partial charge on any atom is 0.0924 e. The first-order valence-corrected chi connectivity index (χ1v) is 5.05. The van der Waals surface area contributed by atoms with E-state index in [2.05, 4.69) is 53.3 Å². The second-order valence-corrected chi connectivity index (χ2v) is 3.60. The number of imidazole rings is 1. The number of rotatable bonds is 3. The van der Waals surface area contributed by atoms with Gasteiger partial charge in [-0.15, -0.1) is 0 Å². The number of allylic oxidation sites excluding steroid dienone is 1. The van der Waals surface area contributed by atoms with Gasteiger partial charge >= 0.3 is 0 Å². The van der Waals surface area contributed by atoms with Crippen molar-refractivity contribution >= 4 is 6.08 Å². The van der Waals surface area contributed by atoms with Crippen molar-refractivity contribution in [2.45, 2.75) is 13.3 Å². The first-order chi connectivity index (χ1) is 7.34. The molecule has 1 N–H and O–H groups in total. The number of nitrogens with one attached hydrogen (secondary N) is 1. The summed E-state index contributed by atoms with van der Waals surface area (Å²) in [5.74, 6) is 0. The van der Waals surface area contributed by atoms with Crippen LogP contribution >= 0.6 is 0 Å². The minimum absolute atomic E-state index is 0.959. The Morgan fingerprint density at radius 1 is 1.40 bits per heavy atom. The third kappa shape index (κ3) is 2.81. The summed E-state index contributed by atoms with van der Waals surface area (Å²) in [5, 5.41) is 0. The van der Waals surface area contributed by atoms with Crippen LogP contribution in [0.4, 0.5) is 0 Å². The molecule has 0 saturated heterocycles. The molecule has 2 heteroatoms. The predicted octanol–water partition coefficient (Wildman–Crippen LogP) is 2.97. The van der Waals surface area contributed by atoms with Gasteiger partial charge in [-0.25, -0.2) is 4.98 Å². The highest BCUT2D eigenvalue weighted by Gasteiger charge is 1.90. The molecule has 15 heavy (non-hydrogen) atoms. The van der Waals surface area contributed by atoms with Crippen LogP contribution in [0.3, 0.4) is 0 Å². The quantitative estimate of drug-likeness (QED) is 0.807. The van der Waals surface area contributed by atoms with Crippen LogP contribution in [0.5, 0.6) is 0 Å². The smallest absolute Gasteiger partial charge is 0.0924 e. The van der Waals surface area contributed by atoms with Crippen LogP contribution in [0.15, 0.2) is 42.9 Å². The van der Waals surface area contributed by atoms with E-state index in [9.17, 15) is 0 Å². The minimum Gasteiger partial charge on any atom is -0.345 e. The Kier molecular flexibility index (Phi) is 2.98. The first kappa shape index (κ1) is 9.71. The van der Waals surface area contributed by atoms with Crippen molar-refractivity contribution in [3.8, 4) is 0 Å². The van der Waals surface area contributed by atoms with Gasteiger partial charge in [0.15, 0.2) is 0 Å². The van der Waals surface area contributed by atoms with E-state index in [1.807, 2.05) is 6.20 Å². The van der Waals surface area contributed by atoms with E-state index in [0.717, 1.165) is 12.1 Å². The molecule has 0 bridgehead atoms. The van der Waals surface area contributed by atoms with Crippen molar-refractivity contribution in [3.63, 3.8) is 0 Å². The summed E-state index contributed by atoms with van der Waals surface area (Å²) in [6, 6.07) is 8.55. The molecule has 0 atom stereocenters. The van der Waals surface area contributed by atoms with Gasteiger partial charge in [-0.3, -0.25) is 0 Å². The van der Waals surface area contributed by atoms with Gasteiger partial charge in [0.05, 0.1) is 18.2 Å². The van der Waals surface area contributed by atoms with E-state index in [4.69, 9.17) is 0 Å². The molecule has 0 spiro atoms. The minimum atomic E-state index is 0.959. The normalized spacial score (nSPS) is 11.0. The van der Waals surface area contributed by atoms with Crippen LogP contribution in [0.2, 0.25) is 0 Å². The fourth-order valence-electron chi connectivity index (χ4n) is 1.52. The fraction of sp³-hybridized carbons (Fsp3) is 0.154. The summed E-state index contributed by atoms with van der Waals surface area (Å²) in [7, 11) is 0. The van der Waals surface area contributed by atoms with E-state index >= 15 is 0 Å². The third-order valence-electron chi connectivity index (χ3n) is 2.25. The molecule has 2 rings (SSSR count). The van der Waals surface area contributed by atoms with Crippen molar-refractivity contribution < 1.29 is 0 Å². The zero-order chi connectivity index (χ0) is 10.5. The Morgan fingerprint density at radius 3 is 3.07 bits per heavy atom. The van der Waals surface area contributed by atoms with Crippen LogP contribution < -0.4 is 0 Å². The Balaban J connectivity index is 1.99. The van der Waals surface area contributed by atoms with Gasteiger partial charge in [0.1, 0.15) is 0 Å². The van der Waals surface area contributed by atoms with Crippen LogP contribution in [0.1, 0.15) is 16.8 Å². The molecular weight excluding hydrogens is 184 g/mol. The van der Waals surface area contributed by atoms with Gasteiger partial charge in [0.25, 0.3) is 0 Å². The second-order valence-electron chi connectivity index (χ2n) is 3.60. The van der Waals surface area contributed by atoms with Crippen molar-refractivity contribution in [2.24, 2.45) is 0 Å². The monoisotopic (exact) mass is 198 g/mol. The molecule has 0 aliphatic rings. The van der Waals surface area contributed by atoms with E-state index in [-0.39, 0.29) is 0 Å². The lowest BCUT2D eigenvalue weighted by molar-refractivity contribution is 1.25. The maximum absolute atomic E-state index is 3.96. The van der Waals surface area contributed by atoms with Crippen LogP contribution in [0.25, 0.3) is 6.08 Å². The van der Waals surface area contributed by atoms with Gasteiger partial charge in [0, 0.05) is 0 Å². The highest BCUT2D eigenvalue weighted by atomic mass is 14.8. The van der Waals surface area contributed by atoms with E-state index < -0.39 is 0 Å². The highest BCUT2D eigenvalue weighted by Crippen LogP contribution is 2.06. The molecule has 1 aromatic heterocycles. The molecule has 76 valence electrons. The molecule has 0 unspecified atom stereocenters. The van der Waals surface area contributed by atoms with Crippen LogP contribution in [-0.4, -0.2) is 9.97 Å². The molecule has 1 aromatic carbocycles. The number of benzene rings is 1. The number of aromatic amines is 1. The summed E-state index contributed by atoms with van der Waals surface area (Å²) < 4.78 is 0. The molecule has 0 fully saturated rings. The molecule has 2 nitrogen and oxygen atoms in total. The first-order valence-electron chi connectivity index (χ1n) is 5.05. The standard InChI is InChI=1S/C13H14N2/c1-11-4-2-5-12(8-11)6-3-7-13-9-14-10-15-13/h2-5,7-10H,6H2,1H3,(H,14,15). The molecule has 2 aromatic rings. The van der Waals surface area contributed by atoms with Gasteiger partial charge in [-0.05, 0) is 25.0 Å². The number of hydrogen-bond donors (Lipinski definition) is 1. The van der Waals surface area contributed by atoms with E-state index in [1.165, 1.54) is 11.1 Å².